The maximum Gasteiger partial charge on any atom is 0.365 e. The maximum absolute atomic E-state index is 10.8. The van der Waals surface area contributed by atoms with E-state index in [1.54, 1.807) is 5.38 Å². The number of carboxylic acid groups (broad SMARTS) is 1. The lowest BCUT2D eigenvalue weighted by Crippen LogP contribution is -2.08. The fraction of sp³-hybridized carbons (Fsp3) is 0.167. The van der Waals surface area contributed by atoms with Gasteiger partial charge >= 0.3 is 5.97 Å². The zero-order chi connectivity index (χ0) is 12.4. The third kappa shape index (κ3) is 2.45. The number of hydrogen-bond acceptors (Lipinski definition) is 4. The lowest BCUT2D eigenvalue weighted by Gasteiger charge is -2.12. The molecule has 1 heterocycles. The van der Waals surface area contributed by atoms with Crippen molar-refractivity contribution in [2.45, 2.75) is 0 Å². The summed E-state index contributed by atoms with van der Waals surface area (Å²) in [7, 11) is 3.92. The van der Waals surface area contributed by atoms with Crippen LogP contribution in [0.5, 0.6) is 0 Å². The molecular weight excluding hydrogens is 236 g/mol. The second kappa shape index (κ2) is 4.55. The molecule has 0 fully saturated rings. The fourth-order valence-corrected chi connectivity index (χ4v) is 2.11. The Kier molecular flexibility index (Phi) is 3.10. The smallest absolute Gasteiger partial charge is 0.365 e. The molecule has 0 radical (unpaired) electrons. The second-order valence-electron chi connectivity index (χ2n) is 3.79. The summed E-state index contributed by atoms with van der Waals surface area (Å²) in [6.45, 7) is 0. The van der Waals surface area contributed by atoms with Crippen LogP contribution in [-0.2, 0) is 0 Å². The number of rotatable bonds is 3. The first-order chi connectivity index (χ1) is 8.08. The minimum atomic E-state index is -0.981. The van der Waals surface area contributed by atoms with Gasteiger partial charge in [0.2, 0.25) is 5.01 Å². The molecule has 88 valence electrons. The molecule has 0 bridgehead atoms. The van der Waals surface area contributed by atoms with Crippen LogP contribution in [0.2, 0.25) is 0 Å². The molecule has 0 amide bonds. The van der Waals surface area contributed by atoms with Crippen molar-refractivity contribution < 1.29 is 9.90 Å². The number of carbonyl (C=O) groups is 1. The number of carboxylic acids is 1. The lowest BCUT2D eigenvalue weighted by atomic mass is 10.1. The molecule has 0 unspecified atom stereocenters. The molecule has 1 aromatic heterocycles. The molecule has 2 rings (SSSR count). The largest absolute Gasteiger partial charge is 0.476 e. The quantitative estimate of drug-likeness (QED) is 0.907. The summed E-state index contributed by atoms with van der Waals surface area (Å²) in [6.07, 6.45) is 0. The van der Waals surface area contributed by atoms with Gasteiger partial charge in [-0.05, 0) is 12.1 Å². The van der Waals surface area contributed by atoms with Gasteiger partial charge in [0.25, 0.3) is 0 Å². The molecule has 2 aromatic rings. The molecule has 0 aliphatic rings. The van der Waals surface area contributed by atoms with Crippen LogP contribution in [-0.4, -0.2) is 30.2 Å². The third-order valence-electron chi connectivity index (χ3n) is 2.35. The van der Waals surface area contributed by atoms with Gasteiger partial charge in [-0.25, -0.2) is 9.78 Å². The average Bonchev–Trinajstić information content (AvgIpc) is 2.78. The molecule has 0 atom stereocenters. The highest BCUT2D eigenvalue weighted by molar-refractivity contribution is 7.11. The van der Waals surface area contributed by atoms with E-state index in [0.29, 0.717) is 5.69 Å². The third-order valence-corrected chi connectivity index (χ3v) is 3.18. The van der Waals surface area contributed by atoms with Crippen molar-refractivity contribution in [2.75, 3.05) is 19.0 Å². The summed E-state index contributed by atoms with van der Waals surface area (Å²) in [5, 5.41) is 10.7. The van der Waals surface area contributed by atoms with Crippen molar-refractivity contribution in [3.8, 4) is 11.3 Å². The standard InChI is InChI=1S/C12H12N2O2S/c1-14(2)9-5-3-4-8(6-9)10-7-17-11(13-10)12(15)16/h3-7H,1-2H3,(H,15,16). The van der Waals surface area contributed by atoms with Gasteiger partial charge in [-0.15, -0.1) is 11.3 Å². The Hall–Kier alpha value is -1.88. The van der Waals surface area contributed by atoms with Gasteiger partial charge in [-0.3, -0.25) is 0 Å². The molecule has 17 heavy (non-hydrogen) atoms. The Morgan fingerprint density at radius 1 is 1.41 bits per heavy atom. The Bertz CT molecular complexity index is 549. The average molecular weight is 248 g/mol. The van der Waals surface area contributed by atoms with Crippen LogP contribution in [0.15, 0.2) is 29.6 Å². The summed E-state index contributed by atoms with van der Waals surface area (Å²) in [5.74, 6) is -0.981. The molecule has 5 heteroatoms. The van der Waals surface area contributed by atoms with E-state index < -0.39 is 5.97 Å². The summed E-state index contributed by atoms with van der Waals surface area (Å²) in [4.78, 5) is 16.8. The van der Waals surface area contributed by atoms with E-state index in [9.17, 15) is 4.79 Å². The highest BCUT2D eigenvalue weighted by atomic mass is 32.1. The second-order valence-corrected chi connectivity index (χ2v) is 4.65. The molecule has 1 aromatic carbocycles. The SMILES string of the molecule is CN(C)c1cccc(-c2csc(C(=O)O)n2)c1. The Labute approximate surface area is 103 Å². The predicted molar refractivity (Wildman–Crippen MR) is 68.8 cm³/mol. The van der Waals surface area contributed by atoms with Crippen molar-refractivity contribution in [1.29, 1.82) is 0 Å². The van der Waals surface area contributed by atoms with E-state index in [-0.39, 0.29) is 5.01 Å². The fourth-order valence-electron chi connectivity index (χ4n) is 1.45. The summed E-state index contributed by atoms with van der Waals surface area (Å²) >= 11 is 1.14. The number of nitrogens with zero attached hydrogens (tertiary/aromatic N) is 2. The minimum absolute atomic E-state index is 0.121. The van der Waals surface area contributed by atoms with Crippen molar-refractivity contribution >= 4 is 23.0 Å². The Morgan fingerprint density at radius 3 is 2.76 bits per heavy atom. The van der Waals surface area contributed by atoms with Crippen LogP contribution >= 0.6 is 11.3 Å². The van der Waals surface area contributed by atoms with Gasteiger partial charge in [0.05, 0.1) is 5.69 Å². The van der Waals surface area contributed by atoms with Gasteiger partial charge in [0.15, 0.2) is 0 Å². The highest BCUT2D eigenvalue weighted by Gasteiger charge is 2.10. The molecule has 1 N–H and O–H groups in total. The van der Waals surface area contributed by atoms with Crippen molar-refractivity contribution in [2.24, 2.45) is 0 Å². The van der Waals surface area contributed by atoms with Crippen LogP contribution in [0.3, 0.4) is 0 Å². The number of hydrogen-bond donors (Lipinski definition) is 1. The number of aromatic carboxylic acids is 1. The summed E-state index contributed by atoms with van der Waals surface area (Å²) < 4.78 is 0. The topological polar surface area (TPSA) is 53.4 Å². The van der Waals surface area contributed by atoms with Crippen molar-refractivity contribution in [3.63, 3.8) is 0 Å². The molecule has 0 aliphatic carbocycles. The van der Waals surface area contributed by atoms with Gasteiger partial charge in [-0.1, -0.05) is 12.1 Å². The molecule has 0 aliphatic heterocycles. The first kappa shape index (κ1) is 11.6. The number of anilines is 1. The predicted octanol–water partition coefficient (Wildman–Crippen LogP) is 2.57. The van der Waals surface area contributed by atoms with Crippen LogP contribution in [0, 0.1) is 0 Å². The number of thiazole rings is 1. The van der Waals surface area contributed by atoms with E-state index in [2.05, 4.69) is 4.98 Å². The normalized spacial score (nSPS) is 10.2. The lowest BCUT2D eigenvalue weighted by molar-refractivity contribution is 0.0696. The van der Waals surface area contributed by atoms with Crippen LogP contribution in [0.4, 0.5) is 5.69 Å². The van der Waals surface area contributed by atoms with Crippen LogP contribution in [0.1, 0.15) is 9.80 Å². The van der Waals surface area contributed by atoms with Crippen molar-refractivity contribution in [1.82, 2.24) is 4.98 Å². The zero-order valence-electron chi connectivity index (χ0n) is 9.54. The first-order valence-corrected chi connectivity index (χ1v) is 5.92. The monoisotopic (exact) mass is 248 g/mol. The summed E-state index contributed by atoms with van der Waals surface area (Å²) in [6, 6.07) is 7.84. The Balaban J connectivity index is 2.38. The number of benzene rings is 1. The zero-order valence-corrected chi connectivity index (χ0v) is 10.4. The van der Waals surface area contributed by atoms with E-state index in [0.717, 1.165) is 22.6 Å². The van der Waals surface area contributed by atoms with E-state index >= 15 is 0 Å². The maximum atomic E-state index is 10.8. The molecular formula is C12H12N2O2S. The molecule has 0 saturated heterocycles. The van der Waals surface area contributed by atoms with Gasteiger partial charge in [0, 0.05) is 30.7 Å². The van der Waals surface area contributed by atoms with Crippen LogP contribution in [0.25, 0.3) is 11.3 Å². The molecule has 0 spiro atoms. The van der Waals surface area contributed by atoms with E-state index in [4.69, 9.17) is 5.11 Å². The number of aromatic nitrogens is 1. The first-order valence-electron chi connectivity index (χ1n) is 5.04. The minimum Gasteiger partial charge on any atom is -0.476 e. The highest BCUT2D eigenvalue weighted by Crippen LogP contribution is 2.25. The Morgan fingerprint density at radius 2 is 2.18 bits per heavy atom. The molecule has 4 nitrogen and oxygen atoms in total. The molecule has 0 saturated carbocycles. The van der Waals surface area contributed by atoms with Gasteiger partial charge in [-0.2, -0.15) is 0 Å². The summed E-state index contributed by atoms with van der Waals surface area (Å²) in [5.41, 5.74) is 2.70. The van der Waals surface area contributed by atoms with Crippen LogP contribution < -0.4 is 4.90 Å². The van der Waals surface area contributed by atoms with Gasteiger partial charge < -0.3 is 10.0 Å². The van der Waals surface area contributed by atoms with E-state index in [1.807, 2.05) is 43.3 Å². The van der Waals surface area contributed by atoms with Crippen molar-refractivity contribution in [3.05, 3.63) is 34.7 Å². The van der Waals surface area contributed by atoms with E-state index in [1.165, 1.54) is 0 Å². The van der Waals surface area contributed by atoms with Gasteiger partial charge in [0.1, 0.15) is 0 Å².